The van der Waals surface area contributed by atoms with E-state index in [9.17, 15) is 4.79 Å². The van der Waals surface area contributed by atoms with Gasteiger partial charge in [0.25, 0.3) is 0 Å². The van der Waals surface area contributed by atoms with E-state index in [1.807, 2.05) is 18.2 Å². The predicted octanol–water partition coefficient (Wildman–Crippen LogP) is 6.56. The summed E-state index contributed by atoms with van der Waals surface area (Å²) < 4.78 is 17.8. The lowest BCUT2D eigenvalue weighted by atomic mass is 9.86. The summed E-state index contributed by atoms with van der Waals surface area (Å²) in [6, 6.07) is 11.3. The fourth-order valence-electron chi connectivity index (χ4n) is 3.03. The Labute approximate surface area is 168 Å². The van der Waals surface area contributed by atoms with Gasteiger partial charge in [-0.3, -0.25) is 4.79 Å². The van der Waals surface area contributed by atoms with Gasteiger partial charge in [0.2, 0.25) is 5.75 Å². The molecular formula is C24H32O4. The van der Waals surface area contributed by atoms with Crippen LogP contribution in [0, 0.1) is 0 Å². The lowest BCUT2D eigenvalue weighted by Crippen LogP contribution is -2.12. The van der Waals surface area contributed by atoms with E-state index in [-0.39, 0.29) is 5.41 Å². The SMILES string of the molecule is CCCCCCOc1c(OC)cc(C=O)cc1Oc1ccccc1C(C)(C)C. The van der Waals surface area contributed by atoms with Gasteiger partial charge in [0.1, 0.15) is 12.0 Å². The lowest BCUT2D eigenvalue weighted by molar-refractivity contribution is 0.112. The topological polar surface area (TPSA) is 44.8 Å². The van der Waals surface area contributed by atoms with E-state index in [2.05, 4.69) is 33.8 Å². The first-order valence-electron chi connectivity index (χ1n) is 9.98. The van der Waals surface area contributed by atoms with Crippen LogP contribution in [0.2, 0.25) is 0 Å². The summed E-state index contributed by atoms with van der Waals surface area (Å²) in [4.78, 5) is 11.4. The minimum Gasteiger partial charge on any atom is -0.493 e. The summed E-state index contributed by atoms with van der Waals surface area (Å²) in [6.07, 6.45) is 5.23. The van der Waals surface area contributed by atoms with E-state index in [4.69, 9.17) is 14.2 Å². The highest BCUT2D eigenvalue weighted by molar-refractivity contribution is 5.78. The van der Waals surface area contributed by atoms with Gasteiger partial charge in [-0.05, 0) is 30.0 Å². The smallest absolute Gasteiger partial charge is 0.204 e. The van der Waals surface area contributed by atoms with Gasteiger partial charge in [-0.2, -0.15) is 0 Å². The zero-order valence-corrected chi connectivity index (χ0v) is 17.7. The van der Waals surface area contributed by atoms with Crippen molar-refractivity contribution in [3.8, 4) is 23.0 Å². The summed E-state index contributed by atoms with van der Waals surface area (Å²) in [7, 11) is 1.57. The zero-order valence-electron chi connectivity index (χ0n) is 17.7. The normalized spacial score (nSPS) is 11.2. The fourth-order valence-corrected chi connectivity index (χ4v) is 3.03. The van der Waals surface area contributed by atoms with E-state index in [0.29, 0.717) is 29.4 Å². The molecule has 0 unspecified atom stereocenters. The molecule has 0 aliphatic rings. The highest BCUT2D eigenvalue weighted by Crippen LogP contribution is 2.43. The highest BCUT2D eigenvalue weighted by Gasteiger charge is 2.21. The van der Waals surface area contributed by atoms with E-state index in [0.717, 1.165) is 30.4 Å². The maximum Gasteiger partial charge on any atom is 0.204 e. The standard InChI is InChI=1S/C24H32O4/c1-6-7-8-11-14-27-23-21(26-5)15-18(17-25)16-22(23)28-20-13-10-9-12-19(20)24(2,3)4/h9-10,12-13,15-17H,6-8,11,14H2,1-5H3. The summed E-state index contributed by atoms with van der Waals surface area (Å²) in [5.74, 6) is 2.28. The maximum absolute atomic E-state index is 11.4. The highest BCUT2D eigenvalue weighted by atomic mass is 16.5. The Morgan fingerprint density at radius 3 is 2.32 bits per heavy atom. The average molecular weight is 385 g/mol. The number of methoxy groups -OCH3 is 1. The van der Waals surface area contributed by atoms with E-state index in [1.54, 1.807) is 19.2 Å². The molecule has 0 spiro atoms. The fraction of sp³-hybridized carbons (Fsp3) is 0.458. The molecule has 0 fully saturated rings. The molecular weight excluding hydrogens is 352 g/mol. The first kappa shape index (κ1) is 21.8. The van der Waals surface area contributed by atoms with Crippen LogP contribution in [0.4, 0.5) is 0 Å². The molecule has 0 aromatic heterocycles. The van der Waals surface area contributed by atoms with Crippen LogP contribution in [0.5, 0.6) is 23.0 Å². The molecule has 0 atom stereocenters. The van der Waals surface area contributed by atoms with Crippen molar-refractivity contribution in [2.45, 2.75) is 58.8 Å². The molecule has 0 saturated carbocycles. The van der Waals surface area contributed by atoms with Gasteiger partial charge in [0.05, 0.1) is 13.7 Å². The van der Waals surface area contributed by atoms with Crippen LogP contribution >= 0.6 is 0 Å². The number of para-hydroxylation sites is 1. The monoisotopic (exact) mass is 384 g/mol. The molecule has 2 aromatic carbocycles. The van der Waals surface area contributed by atoms with Crippen molar-refractivity contribution in [1.82, 2.24) is 0 Å². The van der Waals surface area contributed by atoms with Crippen molar-refractivity contribution in [1.29, 1.82) is 0 Å². The van der Waals surface area contributed by atoms with Gasteiger partial charge in [-0.15, -0.1) is 0 Å². The van der Waals surface area contributed by atoms with Gasteiger partial charge < -0.3 is 14.2 Å². The molecule has 4 nitrogen and oxygen atoms in total. The Hall–Kier alpha value is -2.49. The molecule has 2 aromatic rings. The Balaban J connectivity index is 2.38. The Morgan fingerprint density at radius 1 is 0.964 bits per heavy atom. The Bertz CT molecular complexity index is 775. The molecule has 0 aliphatic carbocycles. The molecule has 0 saturated heterocycles. The lowest BCUT2D eigenvalue weighted by Gasteiger charge is -2.23. The van der Waals surface area contributed by atoms with Crippen molar-refractivity contribution in [3.05, 3.63) is 47.5 Å². The van der Waals surface area contributed by atoms with E-state index < -0.39 is 0 Å². The molecule has 0 heterocycles. The van der Waals surface area contributed by atoms with Crippen LogP contribution in [-0.2, 0) is 5.41 Å². The third kappa shape index (κ3) is 5.75. The second kappa shape index (κ2) is 10.2. The minimum atomic E-state index is -0.0792. The first-order chi connectivity index (χ1) is 13.4. The van der Waals surface area contributed by atoms with Crippen molar-refractivity contribution in [3.63, 3.8) is 0 Å². The van der Waals surface area contributed by atoms with Gasteiger partial charge in [0, 0.05) is 11.1 Å². The molecule has 28 heavy (non-hydrogen) atoms. The predicted molar refractivity (Wildman–Crippen MR) is 113 cm³/mol. The number of hydrogen-bond donors (Lipinski definition) is 0. The minimum absolute atomic E-state index is 0.0792. The number of ether oxygens (including phenoxy) is 3. The third-order valence-corrected chi connectivity index (χ3v) is 4.56. The van der Waals surface area contributed by atoms with Gasteiger partial charge in [-0.25, -0.2) is 0 Å². The van der Waals surface area contributed by atoms with Crippen LogP contribution in [0.1, 0.15) is 69.3 Å². The van der Waals surface area contributed by atoms with Crippen molar-refractivity contribution < 1.29 is 19.0 Å². The van der Waals surface area contributed by atoms with Crippen molar-refractivity contribution in [2.75, 3.05) is 13.7 Å². The van der Waals surface area contributed by atoms with Crippen molar-refractivity contribution >= 4 is 6.29 Å². The molecule has 0 amide bonds. The second-order valence-electron chi connectivity index (χ2n) is 7.93. The molecule has 2 rings (SSSR count). The molecule has 0 radical (unpaired) electrons. The number of benzene rings is 2. The third-order valence-electron chi connectivity index (χ3n) is 4.56. The molecule has 0 bridgehead atoms. The summed E-state index contributed by atoms with van der Waals surface area (Å²) in [5, 5.41) is 0. The summed E-state index contributed by atoms with van der Waals surface area (Å²) >= 11 is 0. The molecule has 4 heteroatoms. The van der Waals surface area contributed by atoms with Gasteiger partial charge >= 0.3 is 0 Å². The number of aldehydes is 1. The van der Waals surface area contributed by atoms with Crippen molar-refractivity contribution in [2.24, 2.45) is 0 Å². The van der Waals surface area contributed by atoms with Crippen LogP contribution in [0.15, 0.2) is 36.4 Å². The Kier molecular flexibility index (Phi) is 7.91. The van der Waals surface area contributed by atoms with E-state index in [1.165, 1.54) is 12.8 Å². The van der Waals surface area contributed by atoms with Crippen LogP contribution in [0.3, 0.4) is 0 Å². The van der Waals surface area contributed by atoms with E-state index >= 15 is 0 Å². The summed E-state index contributed by atoms with van der Waals surface area (Å²) in [5.41, 5.74) is 1.49. The maximum atomic E-state index is 11.4. The van der Waals surface area contributed by atoms with Crippen LogP contribution in [-0.4, -0.2) is 20.0 Å². The quantitative estimate of drug-likeness (QED) is 0.344. The van der Waals surface area contributed by atoms with Crippen LogP contribution in [0.25, 0.3) is 0 Å². The molecule has 0 aliphatic heterocycles. The first-order valence-corrected chi connectivity index (χ1v) is 9.98. The average Bonchev–Trinajstić information content (AvgIpc) is 2.67. The molecule has 0 N–H and O–H groups in total. The zero-order chi connectivity index (χ0) is 20.6. The number of hydrogen-bond acceptors (Lipinski definition) is 4. The summed E-state index contributed by atoms with van der Waals surface area (Å²) in [6.45, 7) is 9.18. The number of carbonyl (C=O) groups excluding carboxylic acids is 1. The largest absolute Gasteiger partial charge is 0.493 e. The van der Waals surface area contributed by atoms with Crippen LogP contribution < -0.4 is 14.2 Å². The number of unbranched alkanes of at least 4 members (excludes halogenated alkanes) is 3. The van der Waals surface area contributed by atoms with Gasteiger partial charge in [-0.1, -0.05) is 65.2 Å². The second-order valence-corrected chi connectivity index (χ2v) is 7.93. The number of rotatable bonds is 10. The number of carbonyl (C=O) groups is 1. The Morgan fingerprint density at radius 2 is 1.68 bits per heavy atom. The van der Waals surface area contributed by atoms with Gasteiger partial charge in [0.15, 0.2) is 11.5 Å². The molecule has 152 valence electrons.